The number of halogens is 2. The fourth-order valence-electron chi connectivity index (χ4n) is 1.23. The van der Waals surface area contributed by atoms with E-state index in [4.69, 9.17) is 17.3 Å². The number of benzene rings is 1. The molecule has 0 spiro atoms. The number of aromatic nitrogens is 2. The predicted octanol–water partition coefficient (Wildman–Crippen LogP) is 2.98. The molecule has 0 saturated carbocycles. The zero-order valence-corrected chi connectivity index (χ0v) is 10.5. The Labute approximate surface area is 106 Å². The zero-order valence-electron chi connectivity index (χ0n) is 7.61. The van der Waals surface area contributed by atoms with Crippen LogP contribution in [0, 0.1) is 3.70 Å². The van der Waals surface area contributed by atoms with E-state index < -0.39 is 0 Å². The smallest absolute Gasteiger partial charge is 0.221 e. The van der Waals surface area contributed by atoms with E-state index in [-0.39, 0.29) is 5.95 Å². The quantitative estimate of drug-likeness (QED) is 0.645. The lowest BCUT2D eigenvalue weighted by atomic mass is 10.1. The molecule has 2 N–H and O–H groups in total. The van der Waals surface area contributed by atoms with Crippen LogP contribution in [0.3, 0.4) is 0 Å². The number of nitrogens with two attached hydrogens (primary N) is 1. The van der Waals surface area contributed by atoms with E-state index in [1.807, 2.05) is 30.3 Å². The Morgan fingerprint density at radius 3 is 2.67 bits per heavy atom. The lowest BCUT2D eigenvalue weighted by molar-refractivity contribution is 1.16. The summed E-state index contributed by atoms with van der Waals surface area (Å²) in [5.74, 6) is 0.275. The molecule has 3 nitrogen and oxygen atoms in total. The van der Waals surface area contributed by atoms with Crippen LogP contribution in [0.4, 0.5) is 5.95 Å². The molecular formula is C10H7ClIN3. The average Bonchev–Trinajstić information content (AvgIpc) is 2.16. The summed E-state index contributed by atoms with van der Waals surface area (Å²) in [6, 6.07) is 9.34. The fourth-order valence-corrected chi connectivity index (χ4v) is 1.96. The second-order valence-corrected chi connectivity index (χ2v) is 4.49. The lowest BCUT2D eigenvalue weighted by Gasteiger charge is -2.02. The molecule has 0 aliphatic heterocycles. The second-order valence-electron chi connectivity index (χ2n) is 2.94. The molecule has 5 heteroatoms. The van der Waals surface area contributed by atoms with Gasteiger partial charge in [0.2, 0.25) is 5.95 Å². The highest BCUT2D eigenvalue weighted by Crippen LogP contribution is 2.22. The fraction of sp³-hybridized carbons (Fsp3) is 0. The molecule has 0 fully saturated rings. The van der Waals surface area contributed by atoms with E-state index in [9.17, 15) is 0 Å². The molecule has 2 aromatic rings. The Morgan fingerprint density at radius 2 is 2.00 bits per heavy atom. The predicted molar refractivity (Wildman–Crippen MR) is 69.6 cm³/mol. The number of rotatable bonds is 1. The Morgan fingerprint density at radius 1 is 1.20 bits per heavy atom. The minimum absolute atomic E-state index is 0.275. The Bertz CT molecular complexity index is 482. The molecule has 2 rings (SSSR count). The van der Waals surface area contributed by atoms with Gasteiger partial charge in [-0.2, -0.15) is 0 Å². The average molecular weight is 332 g/mol. The summed E-state index contributed by atoms with van der Waals surface area (Å²) in [6.45, 7) is 0. The summed E-state index contributed by atoms with van der Waals surface area (Å²) in [6.07, 6.45) is 0. The molecular weight excluding hydrogens is 324 g/mol. The maximum absolute atomic E-state index is 5.90. The van der Waals surface area contributed by atoms with Crippen molar-refractivity contribution in [1.29, 1.82) is 0 Å². The minimum atomic E-state index is 0.275. The summed E-state index contributed by atoms with van der Waals surface area (Å²) in [5, 5.41) is 0.680. The van der Waals surface area contributed by atoms with Gasteiger partial charge in [0.15, 0.2) is 0 Å². The molecule has 0 aliphatic carbocycles. The van der Waals surface area contributed by atoms with Crippen molar-refractivity contribution in [1.82, 2.24) is 9.97 Å². The van der Waals surface area contributed by atoms with E-state index in [1.165, 1.54) is 0 Å². The topological polar surface area (TPSA) is 51.8 Å². The Balaban J connectivity index is 2.54. The number of hydrogen-bond acceptors (Lipinski definition) is 3. The molecule has 0 saturated heterocycles. The van der Waals surface area contributed by atoms with Crippen LogP contribution in [0.15, 0.2) is 30.3 Å². The van der Waals surface area contributed by atoms with Gasteiger partial charge in [-0.3, -0.25) is 0 Å². The van der Waals surface area contributed by atoms with Crippen LogP contribution in [-0.2, 0) is 0 Å². The van der Waals surface area contributed by atoms with Gasteiger partial charge in [-0.1, -0.05) is 23.7 Å². The SMILES string of the molecule is Nc1nc(I)cc(-c2cccc(Cl)c2)n1. The maximum Gasteiger partial charge on any atom is 0.221 e. The van der Waals surface area contributed by atoms with Crippen LogP contribution in [0.2, 0.25) is 5.02 Å². The van der Waals surface area contributed by atoms with Gasteiger partial charge in [-0.15, -0.1) is 0 Å². The van der Waals surface area contributed by atoms with Gasteiger partial charge in [-0.25, -0.2) is 9.97 Å². The summed E-state index contributed by atoms with van der Waals surface area (Å²) < 4.78 is 0.815. The first kappa shape index (κ1) is 10.6. The highest BCUT2D eigenvalue weighted by Gasteiger charge is 2.03. The van der Waals surface area contributed by atoms with Crippen LogP contribution in [0.25, 0.3) is 11.3 Å². The van der Waals surface area contributed by atoms with E-state index in [0.717, 1.165) is 15.0 Å². The van der Waals surface area contributed by atoms with Crippen LogP contribution in [0.1, 0.15) is 0 Å². The van der Waals surface area contributed by atoms with Crippen LogP contribution < -0.4 is 5.73 Å². The van der Waals surface area contributed by atoms with Crippen LogP contribution >= 0.6 is 34.2 Å². The standard InChI is InChI=1S/C10H7ClIN3/c11-7-3-1-2-6(4-7)8-5-9(12)15-10(13)14-8/h1-5H,(H2,13,14,15). The molecule has 0 amide bonds. The monoisotopic (exact) mass is 331 g/mol. The molecule has 76 valence electrons. The molecule has 1 aromatic heterocycles. The lowest BCUT2D eigenvalue weighted by Crippen LogP contribution is -1.98. The zero-order chi connectivity index (χ0) is 10.8. The Hall–Kier alpha value is -0.880. The molecule has 0 bridgehead atoms. The van der Waals surface area contributed by atoms with Crippen molar-refractivity contribution in [2.24, 2.45) is 0 Å². The third-order valence-corrected chi connectivity index (χ3v) is 2.62. The summed E-state index contributed by atoms with van der Waals surface area (Å²) in [7, 11) is 0. The van der Waals surface area contributed by atoms with E-state index in [0.29, 0.717) is 5.02 Å². The van der Waals surface area contributed by atoms with Crippen molar-refractivity contribution in [3.8, 4) is 11.3 Å². The highest BCUT2D eigenvalue weighted by molar-refractivity contribution is 14.1. The van der Waals surface area contributed by atoms with Gasteiger partial charge in [0.25, 0.3) is 0 Å². The van der Waals surface area contributed by atoms with Gasteiger partial charge in [0, 0.05) is 10.6 Å². The normalized spacial score (nSPS) is 10.3. The second kappa shape index (κ2) is 4.32. The molecule has 15 heavy (non-hydrogen) atoms. The van der Waals surface area contributed by atoms with Crippen molar-refractivity contribution in [2.75, 3.05) is 5.73 Å². The molecule has 0 atom stereocenters. The van der Waals surface area contributed by atoms with Crippen LogP contribution in [-0.4, -0.2) is 9.97 Å². The molecule has 0 aliphatic rings. The van der Waals surface area contributed by atoms with Crippen molar-refractivity contribution in [2.45, 2.75) is 0 Å². The minimum Gasteiger partial charge on any atom is -0.368 e. The molecule has 1 aromatic carbocycles. The van der Waals surface area contributed by atoms with E-state index in [2.05, 4.69) is 32.6 Å². The van der Waals surface area contributed by atoms with Gasteiger partial charge in [0.05, 0.1) is 5.69 Å². The number of nitrogen functional groups attached to an aromatic ring is 1. The molecule has 0 radical (unpaired) electrons. The first-order chi connectivity index (χ1) is 7.15. The van der Waals surface area contributed by atoms with Crippen molar-refractivity contribution < 1.29 is 0 Å². The van der Waals surface area contributed by atoms with E-state index >= 15 is 0 Å². The molecule has 0 unspecified atom stereocenters. The number of nitrogens with zero attached hydrogens (tertiary/aromatic N) is 2. The highest BCUT2D eigenvalue weighted by atomic mass is 127. The van der Waals surface area contributed by atoms with Crippen molar-refractivity contribution in [3.63, 3.8) is 0 Å². The summed E-state index contributed by atoms with van der Waals surface area (Å²) >= 11 is 8.00. The first-order valence-corrected chi connectivity index (χ1v) is 5.67. The maximum atomic E-state index is 5.90. The van der Waals surface area contributed by atoms with Crippen molar-refractivity contribution in [3.05, 3.63) is 39.1 Å². The van der Waals surface area contributed by atoms with Crippen LogP contribution in [0.5, 0.6) is 0 Å². The Kier molecular flexibility index (Phi) is 3.06. The third-order valence-electron chi connectivity index (χ3n) is 1.83. The number of hydrogen-bond donors (Lipinski definition) is 1. The van der Waals surface area contributed by atoms with Gasteiger partial charge < -0.3 is 5.73 Å². The van der Waals surface area contributed by atoms with E-state index in [1.54, 1.807) is 0 Å². The summed E-state index contributed by atoms with van der Waals surface area (Å²) in [5.41, 5.74) is 7.30. The molecule has 1 heterocycles. The third kappa shape index (κ3) is 2.57. The largest absolute Gasteiger partial charge is 0.368 e. The van der Waals surface area contributed by atoms with Crippen molar-refractivity contribution >= 4 is 40.1 Å². The first-order valence-electron chi connectivity index (χ1n) is 4.21. The summed E-state index contributed by atoms with van der Waals surface area (Å²) in [4.78, 5) is 8.15. The van der Waals surface area contributed by atoms with Gasteiger partial charge >= 0.3 is 0 Å². The number of anilines is 1. The van der Waals surface area contributed by atoms with Gasteiger partial charge in [-0.05, 0) is 40.8 Å². The van der Waals surface area contributed by atoms with Gasteiger partial charge in [0.1, 0.15) is 3.70 Å².